The van der Waals surface area contributed by atoms with Gasteiger partial charge < -0.3 is 0 Å². The monoisotopic (exact) mass is 375 g/mol. The predicted octanol–water partition coefficient (Wildman–Crippen LogP) is 4.02. The molecule has 3 heteroatoms. The van der Waals surface area contributed by atoms with Crippen LogP contribution in [-0.4, -0.2) is 17.5 Å². The first-order valence-corrected chi connectivity index (χ1v) is 7.64. The van der Waals surface area contributed by atoms with Gasteiger partial charge in [0.15, 0.2) is 5.78 Å². The third-order valence-electron chi connectivity index (χ3n) is 3.60. The first-order chi connectivity index (χ1) is 9.58. The fraction of sp³-hybridized carbons (Fsp3) is 0.176. The van der Waals surface area contributed by atoms with E-state index in [1.54, 1.807) is 0 Å². The number of carbonyl (C=O) groups excluding carboxylic acids is 1. The molecule has 0 saturated heterocycles. The molecule has 2 aromatic carbocycles. The molecule has 2 nitrogen and oxygen atoms in total. The second kappa shape index (κ2) is 5.13. The molecule has 0 saturated carbocycles. The van der Waals surface area contributed by atoms with Crippen LogP contribution in [0.25, 0.3) is 0 Å². The molecule has 2 aromatic rings. The third kappa shape index (κ3) is 2.20. The Kier molecular flexibility index (Phi) is 3.46. The standard InChI is InChI=1S/C17H14INO/c1-10-7-8-12(18)9-15(10)16-13-5-3-4-6-14(13)17(20)11(2)19-16/h3-9,11H,1-2H3. The lowest BCUT2D eigenvalue weighted by Crippen LogP contribution is -2.26. The van der Waals surface area contributed by atoms with Gasteiger partial charge in [-0.1, -0.05) is 30.3 Å². The maximum Gasteiger partial charge on any atom is 0.187 e. The number of halogens is 1. The van der Waals surface area contributed by atoms with Crippen LogP contribution in [0.1, 0.15) is 34.0 Å². The molecule has 0 aromatic heterocycles. The highest BCUT2D eigenvalue weighted by molar-refractivity contribution is 14.1. The van der Waals surface area contributed by atoms with E-state index in [2.05, 4.69) is 52.7 Å². The summed E-state index contributed by atoms with van der Waals surface area (Å²) in [5, 5.41) is 0. The SMILES string of the molecule is Cc1ccc(I)cc1C1=NC(C)C(=O)c2ccccc21. The van der Waals surface area contributed by atoms with Crippen LogP contribution >= 0.6 is 22.6 Å². The minimum Gasteiger partial charge on any atom is -0.292 e. The van der Waals surface area contributed by atoms with E-state index in [9.17, 15) is 4.79 Å². The number of carbonyl (C=O) groups is 1. The van der Waals surface area contributed by atoms with E-state index >= 15 is 0 Å². The highest BCUT2D eigenvalue weighted by Gasteiger charge is 2.26. The zero-order chi connectivity index (χ0) is 14.3. The van der Waals surface area contributed by atoms with Crippen molar-refractivity contribution >= 4 is 34.1 Å². The van der Waals surface area contributed by atoms with Gasteiger partial charge in [-0.2, -0.15) is 0 Å². The van der Waals surface area contributed by atoms with Crippen molar-refractivity contribution in [1.29, 1.82) is 0 Å². The van der Waals surface area contributed by atoms with Crippen molar-refractivity contribution in [1.82, 2.24) is 0 Å². The molecule has 1 heterocycles. The molecule has 0 spiro atoms. The third-order valence-corrected chi connectivity index (χ3v) is 4.28. The van der Waals surface area contributed by atoms with E-state index in [0.29, 0.717) is 0 Å². The summed E-state index contributed by atoms with van der Waals surface area (Å²) in [5.74, 6) is 0.104. The van der Waals surface area contributed by atoms with Gasteiger partial charge in [-0.3, -0.25) is 9.79 Å². The van der Waals surface area contributed by atoms with Crippen molar-refractivity contribution in [3.63, 3.8) is 0 Å². The molecule has 3 rings (SSSR count). The molecule has 1 atom stereocenters. The topological polar surface area (TPSA) is 29.4 Å². The number of aliphatic imine (C=N–C) groups is 1. The maximum absolute atomic E-state index is 12.2. The first kappa shape index (κ1) is 13.5. The van der Waals surface area contributed by atoms with Crippen LogP contribution < -0.4 is 0 Å². The summed E-state index contributed by atoms with van der Waals surface area (Å²) in [6, 6.07) is 13.8. The smallest absolute Gasteiger partial charge is 0.187 e. The molecular weight excluding hydrogens is 361 g/mol. The summed E-state index contributed by atoms with van der Waals surface area (Å²) in [7, 11) is 0. The fourth-order valence-corrected chi connectivity index (χ4v) is 3.01. The van der Waals surface area contributed by atoms with Gasteiger partial charge in [0.05, 0.1) is 5.71 Å². The molecule has 100 valence electrons. The van der Waals surface area contributed by atoms with Crippen LogP contribution in [0.4, 0.5) is 0 Å². The first-order valence-electron chi connectivity index (χ1n) is 6.56. The van der Waals surface area contributed by atoms with E-state index in [1.165, 1.54) is 9.13 Å². The largest absolute Gasteiger partial charge is 0.292 e. The van der Waals surface area contributed by atoms with E-state index in [4.69, 9.17) is 0 Å². The Morgan fingerprint density at radius 1 is 1.05 bits per heavy atom. The number of benzene rings is 2. The number of ketones is 1. The zero-order valence-electron chi connectivity index (χ0n) is 11.4. The van der Waals surface area contributed by atoms with Gasteiger partial charge in [0.25, 0.3) is 0 Å². The van der Waals surface area contributed by atoms with Crippen molar-refractivity contribution in [3.8, 4) is 0 Å². The quantitative estimate of drug-likeness (QED) is 0.693. The molecule has 1 unspecified atom stereocenters. The fourth-order valence-electron chi connectivity index (χ4n) is 2.52. The minimum absolute atomic E-state index is 0.104. The Morgan fingerprint density at radius 3 is 2.50 bits per heavy atom. The van der Waals surface area contributed by atoms with E-state index in [0.717, 1.165) is 22.4 Å². The maximum atomic E-state index is 12.2. The molecule has 0 aliphatic carbocycles. The number of Topliss-reactive ketones (excluding diaryl/α,β-unsaturated/α-hetero) is 1. The Labute approximate surface area is 132 Å². The summed E-state index contributed by atoms with van der Waals surface area (Å²) < 4.78 is 1.17. The summed E-state index contributed by atoms with van der Waals surface area (Å²) in [6.07, 6.45) is 0. The van der Waals surface area contributed by atoms with Crippen LogP contribution in [0.2, 0.25) is 0 Å². The van der Waals surface area contributed by atoms with Crippen LogP contribution in [-0.2, 0) is 0 Å². The van der Waals surface area contributed by atoms with Gasteiger partial charge in [0.1, 0.15) is 6.04 Å². The molecule has 0 radical (unpaired) electrons. The van der Waals surface area contributed by atoms with Crippen LogP contribution in [0, 0.1) is 10.5 Å². The number of hydrogen-bond donors (Lipinski definition) is 0. The van der Waals surface area contributed by atoms with Gasteiger partial charge in [-0.05, 0) is 54.1 Å². The van der Waals surface area contributed by atoms with E-state index in [1.807, 2.05) is 31.2 Å². The van der Waals surface area contributed by atoms with Crippen LogP contribution in [0.15, 0.2) is 47.5 Å². The Balaban J connectivity index is 2.26. The van der Waals surface area contributed by atoms with Crippen molar-refractivity contribution in [2.75, 3.05) is 0 Å². The average molecular weight is 375 g/mol. The van der Waals surface area contributed by atoms with Crippen molar-refractivity contribution in [3.05, 3.63) is 68.3 Å². The predicted molar refractivity (Wildman–Crippen MR) is 89.8 cm³/mol. The number of nitrogens with zero attached hydrogens (tertiary/aromatic N) is 1. The molecular formula is C17H14INO. The molecule has 0 amide bonds. The molecule has 0 bridgehead atoms. The number of hydrogen-bond acceptors (Lipinski definition) is 2. The summed E-state index contributed by atoms with van der Waals surface area (Å²) in [6.45, 7) is 3.94. The van der Waals surface area contributed by atoms with Gasteiger partial charge in [-0.15, -0.1) is 0 Å². The number of rotatable bonds is 1. The van der Waals surface area contributed by atoms with E-state index < -0.39 is 0 Å². The Bertz CT molecular complexity index is 734. The lowest BCUT2D eigenvalue weighted by atomic mass is 9.88. The number of aryl methyl sites for hydroxylation is 1. The number of fused-ring (bicyclic) bond motifs is 1. The van der Waals surface area contributed by atoms with Gasteiger partial charge in [-0.25, -0.2) is 0 Å². The zero-order valence-corrected chi connectivity index (χ0v) is 13.5. The van der Waals surface area contributed by atoms with E-state index in [-0.39, 0.29) is 11.8 Å². The summed E-state index contributed by atoms with van der Waals surface area (Å²) >= 11 is 2.31. The minimum atomic E-state index is -0.308. The second-order valence-corrected chi connectivity index (χ2v) is 6.27. The molecule has 0 N–H and O–H groups in total. The Hall–Kier alpha value is -1.49. The summed E-state index contributed by atoms with van der Waals surface area (Å²) in [4.78, 5) is 16.9. The van der Waals surface area contributed by atoms with Crippen molar-refractivity contribution in [2.45, 2.75) is 19.9 Å². The lowest BCUT2D eigenvalue weighted by Gasteiger charge is -2.21. The van der Waals surface area contributed by atoms with Crippen molar-refractivity contribution < 1.29 is 4.79 Å². The average Bonchev–Trinajstić information content (AvgIpc) is 2.46. The molecule has 1 aliphatic heterocycles. The van der Waals surface area contributed by atoms with Crippen LogP contribution in [0.3, 0.4) is 0 Å². The summed E-state index contributed by atoms with van der Waals surface area (Å²) in [5.41, 5.74) is 4.96. The highest BCUT2D eigenvalue weighted by atomic mass is 127. The highest BCUT2D eigenvalue weighted by Crippen LogP contribution is 2.25. The molecule has 20 heavy (non-hydrogen) atoms. The molecule has 1 aliphatic rings. The van der Waals surface area contributed by atoms with Gasteiger partial charge in [0, 0.05) is 20.3 Å². The molecule has 0 fully saturated rings. The second-order valence-electron chi connectivity index (χ2n) is 5.02. The normalized spacial score (nSPS) is 17.6. The van der Waals surface area contributed by atoms with Gasteiger partial charge in [0.2, 0.25) is 0 Å². The van der Waals surface area contributed by atoms with Crippen molar-refractivity contribution in [2.24, 2.45) is 4.99 Å². The lowest BCUT2D eigenvalue weighted by molar-refractivity contribution is 0.0966. The Morgan fingerprint density at radius 2 is 1.75 bits per heavy atom. The van der Waals surface area contributed by atoms with Crippen LogP contribution in [0.5, 0.6) is 0 Å². The van der Waals surface area contributed by atoms with Gasteiger partial charge >= 0.3 is 0 Å².